The zero-order chi connectivity index (χ0) is 13.2. The van der Waals surface area contributed by atoms with Crippen molar-refractivity contribution in [2.45, 2.75) is 38.7 Å². The van der Waals surface area contributed by atoms with Crippen LogP contribution in [0.25, 0.3) is 5.65 Å². The first-order valence-corrected chi connectivity index (χ1v) is 6.95. The molecule has 0 aromatic carbocycles. The van der Waals surface area contributed by atoms with Gasteiger partial charge >= 0.3 is 0 Å². The van der Waals surface area contributed by atoms with E-state index in [0.29, 0.717) is 11.9 Å². The molecule has 19 heavy (non-hydrogen) atoms. The standard InChI is InChI=1S/C14H20N4O/c1-10-6-7-18-13(8-10)16-14(17-18)15-9-11-2-4-12(19)5-3-11/h6-8,11-12,19H,2-5,9H2,1H3,(H,15,17). The maximum absolute atomic E-state index is 9.49. The Bertz CT molecular complexity index is 558. The van der Waals surface area contributed by atoms with Gasteiger partial charge in [-0.1, -0.05) is 0 Å². The molecule has 102 valence electrons. The molecule has 2 N–H and O–H groups in total. The lowest BCUT2D eigenvalue weighted by Gasteiger charge is -2.25. The summed E-state index contributed by atoms with van der Waals surface area (Å²) in [6, 6.07) is 4.04. The fraction of sp³-hybridized carbons (Fsp3) is 0.571. The van der Waals surface area contributed by atoms with Crippen LogP contribution < -0.4 is 5.32 Å². The number of aliphatic hydroxyl groups is 1. The predicted octanol–water partition coefficient (Wildman–Crippen LogP) is 2.00. The van der Waals surface area contributed by atoms with Gasteiger partial charge in [0.15, 0.2) is 5.65 Å². The lowest BCUT2D eigenvalue weighted by Crippen LogP contribution is -2.23. The van der Waals surface area contributed by atoms with Crippen molar-refractivity contribution in [1.82, 2.24) is 14.6 Å². The van der Waals surface area contributed by atoms with E-state index in [0.717, 1.165) is 37.9 Å². The molecule has 5 heteroatoms. The van der Waals surface area contributed by atoms with Crippen molar-refractivity contribution in [2.75, 3.05) is 11.9 Å². The highest BCUT2D eigenvalue weighted by molar-refractivity contribution is 5.45. The van der Waals surface area contributed by atoms with Gasteiger partial charge < -0.3 is 10.4 Å². The summed E-state index contributed by atoms with van der Waals surface area (Å²) in [5.74, 6) is 1.31. The Labute approximate surface area is 112 Å². The Hall–Kier alpha value is -1.62. The number of anilines is 1. The van der Waals surface area contributed by atoms with Crippen molar-refractivity contribution < 1.29 is 5.11 Å². The van der Waals surface area contributed by atoms with E-state index in [1.165, 1.54) is 5.56 Å². The van der Waals surface area contributed by atoms with Gasteiger partial charge in [0.25, 0.3) is 0 Å². The van der Waals surface area contributed by atoms with Crippen molar-refractivity contribution in [2.24, 2.45) is 5.92 Å². The molecule has 2 aromatic heterocycles. The van der Waals surface area contributed by atoms with Gasteiger partial charge in [-0.25, -0.2) is 4.52 Å². The highest BCUT2D eigenvalue weighted by atomic mass is 16.3. The van der Waals surface area contributed by atoms with Crippen LogP contribution in [0.15, 0.2) is 18.3 Å². The van der Waals surface area contributed by atoms with Gasteiger partial charge in [-0.05, 0) is 56.2 Å². The molecule has 0 radical (unpaired) electrons. The molecule has 1 fully saturated rings. The molecule has 0 amide bonds. The normalized spacial score (nSPS) is 23.7. The van der Waals surface area contributed by atoms with Crippen LogP contribution in [-0.2, 0) is 0 Å². The quantitative estimate of drug-likeness (QED) is 0.886. The second-order valence-corrected chi connectivity index (χ2v) is 5.50. The third kappa shape index (κ3) is 2.87. The van der Waals surface area contributed by atoms with Gasteiger partial charge in [0.05, 0.1) is 6.10 Å². The second-order valence-electron chi connectivity index (χ2n) is 5.50. The van der Waals surface area contributed by atoms with Crippen LogP contribution in [0.3, 0.4) is 0 Å². The summed E-state index contributed by atoms with van der Waals surface area (Å²) >= 11 is 0. The number of fused-ring (bicyclic) bond motifs is 1. The molecule has 0 aliphatic heterocycles. The monoisotopic (exact) mass is 260 g/mol. The van der Waals surface area contributed by atoms with Crippen LogP contribution in [-0.4, -0.2) is 32.4 Å². The van der Waals surface area contributed by atoms with Crippen LogP contribution in [0.2, 0.25) is 0 Å². The fourth-order valence-electron chi connectivity index (χ4n) is 2.64. The minimum atomic E-state index is -0.0902. The summed E-state index contributed by atoms with van der Waals surface area (Å²) in [4.78, 5) is 4.46. The Balaban J connectivity index is 1.62. The summed E-state index contributed by atoms with van der Waals surface area (Å²) in [7, 11) is 0. The molecule has 1 saturated carbocycles. The fourth-order valence-corrected chi connectivity index (χ4v) is 2.64. The molecule has 2 heterocycles. The van der Waals surface area contributed by atoms with E-state index in [9.17, 15) is 5.11 Å². The van der Waals surface area contributed by atoms with Crippen LogP contribution >= 0.6 is 0 Å². The molecule has 5 nitrogen and oxygen atoms in total. The van der Waals surface area contributed by atoms with E-state index in [1.807, 2.05) is 18.3 Å². The summed E-state index contributed by atoms with van der Waals surface area (Å²) < 4.78 is 1.79. The highest BCUT2D eigenvalue weighted by Crippen LogP contribution is 2.24. The summed E-state index contributed by atoms with van der Waals surface area (Å²) in [6.45, 7) is 2.94. The number of nitrogens with one attached hydrogen (secondary N) is 1. The SMILES string of the molecule is Cc1ccn2nc(NCC3CCC(O)CC3)nc2c1. The Morgan fingerprint density at radius 1 is 1.37 bits per heavy atom. The average molecular weight is 260 g/mol. The van der Waals surface area contributed by atoms with E-state index in [1.54, 1.807) is 4.52 Å². The van der Waals surface area contributed by atoms with E-state index in [-0.39, 0.29) is 6.10 Å². The van der Waals surface area contributed by atoms with Crippen LogP contribution in [0.1, 0.15) is 31.2 Å². The van der Waals surface area contributed by atoms with Crippen LogP contribution in [0.5, 0.6) is 0 Å². The van der Waals surface area contributed by atoms with Gasteiger partial charge in [0.2, 0.25) is 5.95 Å². The van der Waals surface area contributed by atoms with Crippen molar-refractivity contribution in [3.63, 3.8) is 0 Å². The molecule has 0 bridgehead atoms. The molecule has 1 aliphatic rings. The Morgan fingerprint density at radius 2 is 2.16 bits per heavy atom. The Kier molecular flexibility index (Phi) is 3.38. The molecule has 3 rings (SSSR count). The van der Waals surface area contributed by atoms with Crippen LogP contribution in [0, 0.1) is 12.8 Å². The smallest absolute Gasteiger partial charge is 0.243 e. The molecule has 1 aliphatic carbocycles. The zero-order valence-corrected chi connectivity index (χ0v) is 11.2. The minimum absolute atomic E-state index is 0.0902. The molecule has 0 saturated heterocycles. The van der Waals surface area contributed by atoms with Gasteiger partial charge in [-0.3, -0.25) is 0 Å². The topological polar surface area (TPSA) is 62.5 Å². The number of nitrogens with zero attached hydrogens (tertiary/aromatic N) is 3. The molecule has 0 unspecified atom stereocenters. The first-order chi connectivity index (χ1) is 9.20. The number of aryl methyl sites for hydroxylation is 1. The van der Waals surface area contributed by atoms with Gasteiger partial charge in [0, 0.05) is 12.7 Å². The molecular formula is C14H20N4O. The van der Waals surface area contributed by atoms with Gasteiger partial charge in [-0.15, -0.1) is 5.10 Å². The van der Waals surface area contributed by atoms with E-state index in [2.05, 4.69) is 22.3 Å². The number of aliphatic hydroxyl groups excluding tert-OH is 1. The van der Waals surface area contributed by atoms with Crippen molar-refractivity contribution in [3.8, 4) is 0 Å². The third-order valence-corrected chi connectivity index (χ3v) is 3.86. The second kappa shape index (κ2) is 5.17. The number of hydrogen-bond acceptors (Lipinski definition) is 4. The number of hydrogen-bond donors (Lipinski definition) is 2. The number of rotatable bonds is 3. The van der Waals surface area contributed by atoms with Crippen molar-refractivity contribution in [3.05, 3.63) is 23.9 Å². The largest absolute Gasteiger partial charge is 0.393 e. The first-order valence-electron chi connectivity index (χ1n) is 6.95. The number of aromatic nitrogens is 3. The summed E-state index contributed by atoms with van der Waals surface area (Å²) in [6.07, 6.45) is 5.85. The lowest BCUT2D eigenvalue weighted by molar-refractivity contribution is 0.111. The average Bonchev–Trinajstić information content (AvgIpc) is 2.80. The number of pyridine rings is 1. The summed E-state index contributed by atoms with van der Waals surface area (Å²) in [5.41, 5.74) is 2.06. The molecule has 2 aromatic rings. The summed E-state index contributed by atoms with van der Waals surface area (Å²) in [5, 5.41) is 17.2. The minimum Gasteiger partial charge on any atom is -0.393 e. The van der Waals surface area contributed by atoms with E-state index in [4.69, 9.17) is 0 Å². The maximum atomic E-state index is 9.49. The van der Waals surface area contributed by atoms with Crippen LogP contribution in [0.4, 0.5) is 5.95 Å². The van der Waals surface area contributed by atoms with Crippen molar-refractivity contribution >= 4 is 11.6 Å². The maximum Gasteiger partial charge on any atom is 0.243 e. The first kappa shape index (κ1) is 12.4. The molecule has 0 spiro atoms. The predicted molar refractivity (Wildman–Crippen MR) is 74.2 cm³/mol. The van der Waals surface area contributed by atoms with Gasteiger partial charge in [0.1, 0.15) is 0 Å². The van der Waals surface area contributed by atoms with Gasteiger partial charge in [-0.2, -0.15) is 4.98 Å². The van der Waals surface area contributed by atoms with E-state index < -0.39 is 0 Å². The molecule has 0 atom stereocenters. The van der Waals surface area contributed by atoms with E-state index >= 15 is 0 Å². The highest BCUT2D eigenvalue weighted by Gasteiger charge is 2.19. The lowest BCUT2D eigenvalue weighted by atomic mass is 9.87. The van der Waals surface area contributed by atoms with Crippen molar-refractivity contribution in [1.29, 1.82) is 0 Å². The third-order valence-electron chi connectivity index (χ3n) is 3.86. The molecular weight excluding hydrogens is 240 g/mol. The zero-order valence-electron chi connectivity index (χ0n) is 11.2. The Morgan fingerprint density at radius 3 is 2.95 bits per heavy atom.